The van der Waals surface area contributed by atoms with Crippen molar-refractivity contribution >= 4 is 0 Å². The highest BCUT2D eigenvalue weighted by molar-refractivity contribution is 5.32. The summed E-state index contributed by atoms with van der Waals surface area (Å²) in [6.07, 6.45) is 3.06. The van der Waals surface area contributed by atoms with Crippen molar-refractivity contribution in [3.8, 4) is 0 Å². The molecule has 1 fully saturated rings. The fourth-order valence-corrected chi connectivity index (χ4v) is 2.59. The van der Waals surface area contributed by atoms with E-state index in [-0.39, 0.29) is 5.41 Å². The van der Waals surface area contributed by atoms with Crippen molar-refractivity contribution in [2.75, 3.05) is 6.54 Å². The molecule has 1 saturated carbocycles. The molecule has 1 aromatic heterocycles. The van der Waals surface area contributed by atoms with E-state index in [1.807, 2.05) is 6.20 Å². The molecule has 0 radical (unpaired) electrons. The third kappa shape index (κ3) is 1.05. The summed E-state index contributed by atoms with van der Waals surface area (Å²) < 4.78 is 2.07. The fraction of sp³-hybridized carbons (Fsp3) is 0.727. The van der Waals surface area contributed by atoms with Crippen molar-refractivity contribution in [3.63, 3.8) is 0 Å². The molecule has 1 aliphatic carbocycles. The normalized spacial score (nSPS) is 29.1. The Labute approximate surface area is 85.3 Å². The summed E-state index contributed by atoms with van der Waals surface area (Å²) in [5.74, 6) is 0. The van der Waals surface area contributed by atoms with E-state index in [0.29, 0.717) is 5.41 Å². The highest BCUT2D eigenvalue weighted by Crippen LogP contribution is 2.63. The van der Waals surface area contributed by atoms with Crippen LogP contribution in [0.25, 0.3) is 0 Å². The maximum atomic E-state index is 5.92. The van der Waals surface area contributed by atoms with E-state index in [4.69, 9.17) is 5.73 Å². The van der Waals surface area contributed by atoms with Gasteiger partial charge >= 0.3 is 0 Å². The van der Waals surface area contributed by atoms with Gasteiger partial charge in [0.25, 0.3) is 0 Å². The lowest BCUT2D eigenvalue weighted by Crippen LogP contribution is -2.28. The lowest BCUT2D eigenvalue weighted by Gasteiger charge is -2.19. The maximum Gasteiger partial charge on any atom is 0.0492 e. The zero-order chi connectivity index (χ0) is 10.4. The van der Waals surface area contributed by atoms with Gasteiger partial charge in [0, 0.05) is 30.4 Å². The molecule has 1 aromatic rings. The number of hydrogen-bond donors (Lipinski definition) is 1. The Morgan fingerprint density at radius 2 is 2.21 bits per heavy atom. The van der Waals surface area contributed by atoms with Crippen LogP contribution >= 0.6 is 0 Å². The van der Waals surface area contributed by atoms with Gasteiger partial charge in [0.2, 0.25) is 0 Å². The molecule has 78 valence electrons. The van der Waals surface area contributed by atoms with Crippen molar-refractivity contribution in [1.82, 2.24) is 9.78 Å². The first-order valence-corrected chi connectivity index (χ1v) is 5.30. The topological polar surface area (TPSA) is 43.8 Å². The van der Waals surface area contributed by atoms with Crippen molar-refractivity contribution < 1.29 is 0 Å². The minimum absolute atomic E-state index is 0.180. The van der Waals surface area contributed by atoms with Crippen LogP contribution < -0.4 is 5.73 Å². The van der Waals surface area contributed by atoms with Crippen LogP contribution in [0.1, 0.15) is 32.9 Å². The Kier molecular flexibility index (Phi) is 1.96. The molecule has 3 nitrogen and oxygen atoms in total. The summed E-state index contributed by atoms with van der Waals surface area (Å²) in [6, 6.07) is 2.12. The molecule has 2 rings (SSSR count). The molecule has 0 saturated heterocycles. The molecule has 14 heavy (non-hydrogen) atoms. The first-order valence-electron chi connectivity index (χ1n) is 5.30. The van der Waals surface area contributed by atoms with Gasteiger partial charge in [0.05, 0.1) is 0 Å². The zero-order valence-electron chi connectivity index (χ0n) is 9.25. The van der Waals surface area contributed by atoms with E-state index in [1.54, 1.807) is 0 Å². The van der Waals surface area contributed by atoms with Gasteiger partial charge in [0.15, 0.2) is 0 Å². The second-order valence-corrected chi connectivity index (χ2v) is 4.88. The molecule has 0 spiro atoms. The first-order chi connectivity index (χ1) is 6.57. The molecule has 0 amide bonds. The summed E-state index contributed by atoms with van der Waals surface area (Å²) in [5, 5.41) is 4.32. The third-order valence-electron chi connectivity index (χ3n) is 3.77. The van der Waals surface area contributed by atoms with E-state index in [9.17, 15) is 0 Å². The molecular weight excluding hydrogens is 174 g/mol. The van der Waals surface area contributed by atoms with Gasteiger partial charge in [-0.2, -0.15) is 5.10 Å². The van der Waals surface area contributed by atoms with E-state index in [0.717, 1.165) is 13.1 Å². The fourth-order valence-electron chi connectivity index (χ4n) is 2.59. The molecular formula is C11H19N3. The quantitative estimate of drug-likeness (QED) is 0.791. The van der Waals surface area contributed by atoms with Crippen LogP contribution in [0, 0.1) is 5.41 Å². The lowest BCUT2D eigenvalue weighted by molar-refractivity contribution is 0.460. The molecule has 0 aliphatic heterocycles. The van der Waals surface area contributed by atoms with Gasteiger partial charge in [-0.15, -0.1) is 0 Å². The van der Waals surface area contributed by atoms with Crippen LogP contribution in [-0.4, -0.2) is 16.3 Å². The van der Waals surface area contributed by atoms with Gasteiger partial charge in [-0.3, -0.25) is 4.68 Å². The van der Waals surface area contributed by atoms with E-state index in [1.165, 1.54) is 12.1 Å². The molecule has 3 heteroatoms. The Morgan fingerprint density at radius 1 is 1.57 bits per heavy atom. The zero-order valence-corrected chi connectivity index (χ0v) is 9.25. The number of hydrogen-bond acceptors (Lipinski definition) is 2. The number of aryl methyl sites for hydroxylation is 1. The predicted molar refractivity (Wildman–Crippen MR) is 57.0 cm³/mol. The van der Waals surface area contributed by atoms with Crippen molar-refractivity contribution in [1.29, 1.82) is 0 Å². The summed E-state index contributed by atoms with van der Waals surface area (Å²) in [7, 11) is 0. The Balaban J connectivity index is 2.40. The second kappa shape index (κ2) is 2.83. The predicted octanol–water partition coefficient (Wildman–Crippen LogP) is 1.53. The number of nitrogens with zero attached hydrogens (tertiary/aromatic N) is 2. The smallest absolute Gasteiger partial charge is 0.0492 e. The average molecular weight is 193 g/mol. The van der Waals surface area contributed by atoms with Gasteiger partial charge in [-0.05, 0) is 24.8 Å². The SMILES string of the molecule is CCn1nccc1C1(CN)CC1(C)C. The second-order valence-electron chi connectivity index (χ2n) is 4.88. The van der Waals surface area contributed by atoms with Crippen molar-refractivity contribution in [2.24, 2.45) is 11.1 Å². The van der Waals surface area contributed by atoms with Crippen LogP contribution in [-0.2, 0) is 12.0 Å². The number of rotatable bonds is 3. The van der Waals surface area contributed by atoms with Crippen LogP contribution in [0.15, 0.2) is 12.3 Å². The first kappa shape index (κ1) is 9.71. The molecule has 1 atom stereocenters. The Bertz CT molecular complexity index is 340. The monoisotopic (exact) mass is 193 g/mol. The molecule has 1 unspecified atom stereocenters. The summed E-state index contributed by atoms with van der Waals surface area (Å²) >= 11 is 0. The van der Waals surface area contributed by atoms with Crippen molar-refractivity contribution in [3.05, 3.63) is 18.0 Å². The van der Waals surface area contributed by atoms with Crippen LogP contribution in [0.3, 0.4) is 0 Å². The highest BCUT2D eigenvalue weighted by Gasteiger charge is 2.62. The number of aromatic nitrogens is 2. The highest BCUT2D eigenvalue weighted by atomic mass is 15.3. The molecule has 2 N–H and O–H groups in total. The minimum atomic E-state index is 0.180. The lowest BCUT2D eigenvalue weighted by atomic mass is 9.92. The largest absolute Gasteiger partial charge is 0.330 e. The van der Waals surface area contributed by atoms with E-state index < -0.39 is 0 Å². The summed E-state index contributed by atoms with van der Waals surface area (Å²) in [5.41, 5.74) is 7.75. The van der Waals surface area contributed by atoms with Crippen LogP contribution in [0.4, 0.5) is 0 Å². The van der Waals surface area contributed by atoms with Crippen LogP contribution in [0.5, 0.6) is 0 Å². The van der Waals surface area contributed by atoms with Gasteiger partial charge in [-0.1, -0.05) is 13.8 Å². The van der Waals surface area contributed by atoms with Gasteiger partial charge in [0.1, 0.15) is 0 Å². The molecule has 0 bridgehead atoms. The average Bonchev–Trinajstić information content (AvgIpc) is 2.56. The summed E-state index contributed by atoms with van der Waals surface area (Å²) in [6.45, 7) is 8.35. The van der Waals surface area contributed by atoms with E-state index >= 15 is 0 Å². The maximum absolute atomic E-state index is 5.92. The van der Waals surface area contributed by atoms with Crippen LogP contribution in [0.2, 0.25) is 0 Å². The van der Waals surface area contributed by atoms with E-state index in [2.05, 4.69) is 36.6 Å². The summed E-state index contributed by atoms with van der Waals surface area (Å²) in [4.78, 5) is 0. The minimum Gasteiger partial charge on any atom is -0.330 e. The van der Waals surface area contributed by atoms with Crippen molar-refractivity contribution in [2.45, 2.75) is 39.2 Å². The molecule has 1 aliphatic rings. The Morgan fingerprint density at radius 3 is 2.64 bits per heavy atom. The van der Waals surface area contributed by atoms with Gasteiger partial charge in [-0.25, -0.2) is 0 Å². The molecule has 0 aromatic carbocycles. The molecule has 1 heterocycles. The standard InChI is InChI=1S/C11H19N3/c1-4-14-9(5-6-13-14)11(8-12)7-10(11,2)3/h5-6H,4,7-8,12H2,1-3H3. The number of nitrogens with two attached hydrogens (primary N) is 1. The Hall–Kier alpha value is -0.830. The van der Waals surface area contributed by atoms with Gasteiger partial charge < -0.3 is 5.73 Å². The third-order valence-corrected chi connectivity index (χ3v) is 3.77.